The number of alkyl halides is 2. The molecule has 1 atom stereocenters. The normalized spacial score (nSPS) is 25.4. The number of carboxylic acid groups (broad SMARTS) is 1. The van der Waals surface area contributed by atoms with Crippen LogP contribution in [0.15, 0.2) is 18.2 Å². The number of hydrogen-bond donors (Lipinski definition) is 1. The fourth-order valence-corrected chi connectivity index (χ4v) is 2.11. The summed E-state index contributed by atoms with van der Waals surface area (Å²) in [6, 6.07) is 3.98. The number of carbonyl (C=O) groups is 1. The topological polar surface area (TPSA) is 46.5 Å². The van der Waals surface area contributed by atoms with Crippen LogP contribution in [0.25, 0.3) is 0 Å². The third kappa shape index (κ3) is 1.57. The van der Waals surface area contributed by atoms with E-state index in [4.69, 9.17) is 21.4 Å². The Bertz CT molecular complexity index is 490. The molecule has 1 fully saturated rings. The Balaban J connectivity index is 2.57. The predicted molar refractivity (Wildman–Crippen MR) is 56.9 cm³/mol. The van der Waals surface area contributed by atoms with Crippen LogP contribution >= 0.6 is 11.6 Å². The summed E-state index contributed by atoms with van der Waals surface area (Å²) in [7, 11) is 1.28. The molecule has 0 spiro atoms. The summed E-state index contributed by atoms with van der Waals surface area (Å²) < 4.78 is 31.6. The average molecular weight is 263 g/mol. The van der Waals surface area contributed by atoms with Gasteiger partial charge in [0.25, 0.3) is 5.92 Å². The van der Waals surface area contributed by atoms with Crippen LogP contribution in [0.3, 0.4) is 0 Å². The van der Waals surface area contributed by atoms with Gasteiger partial charge in [-0.3, -0.25) is 4.79 Å². The molecule has 0 amide bonds. The van der Waals surface area contributed by atoms with Crippen LogP contribution in [0.2, 0.25) is 5.02 Å². The van der Waals surface area contributed by atoms with Crippen molar-refractivity contribution >= 4 is 17.6 Å². The molecule has 1 aliphatic carbocycles. The van der Waals surface area contributed by atoms with Gasteiger partial charge >= 0.3 is 5.97 Å². The van der Waals surface area contributed by atoms with Crippen molar-refractivity contribution in [1.82, 2.24) is 0 Å². The first-order chi connectivity index (χ1) is 7.85. The zero-order chi connectivity index (χ0) is 12.8. The minimum absolute atomic E-state index is 0.0399. The van der Waals surface area contributed by atoms with Gasteiger partial charge in [-0.2, -0.15) is 0 Å². The van der Waals surface area contributed by atoms with E-state index in [1.165, 1.54) is 25.3 Å². The third-order valence-electron chi connectivity index (χ3n) is 2.98. The fourth-order valence-electron chi connectivity index (χ4n) is 1.95. The summed E-state index contributed by atoms with van der Waals surface area (Å²) >= 11 is 5.70. The van der Waals surface area contributed by atoms with Crippen molar-refractivity contribution in [2.24, 2.45) is 0 Å². The third-order valence-corrected chi connectivity index (χ3v) is 3.21. The molecule has 6 heteroatoms. The molecule has 1 aromatic rings. The van der Waals surface area contributed by atoms with Crippen LogP contribution in [0, 0.1) is 0 Å². The second-order valence-electron chi connectivity index (χ2n) is 3.94. The Morgan fingerprint density at radius 3 is 2.53 bits per heavy atom. The number of benzene rings is 1. The van der Waals surface area contributed by atoms with Gasteiger partial charge in [0.15, 0.2) is 5.41 Å². The van der Waals surface area contributed by atoms with E-state index in [0.29, 0.717) is 5.02 Å². The van der Waals surface area contributed by atoms with Crippen molar-refractivity contribution in [3.8, 4) is 5.75 Å². The molecule has 2 rings (SSSR count). The standard InChI is InChI=1S/C11H9ClF2O3/c1-17-8-4-6(12)2-3-7(8)10(9(15)16)5-11(10,13)14/h2-4H,5H2,1H3,(H,15,16). The van der Waals surface area contributed by atoms with E-state index in [2.05, 4.69) is 0 Å². The molecule has 92 valence electrons. The van der Waals surface area contributed by atoms with Gasteiger partial charge in [-0.1, -0.05) is 17.7 Å². The molecule has 1 unspecified atom stereocenters. The average Bonchev–Trinajstić information content (AvgIpc) is 2.83. The lowest BCUT2D eigenvalue weighted by Crippen LogP contribution is -2.27. The summed E-state index contributed by atoms with van der Waals surface area (Å²) in [5, 5.41) is 9.31. The smallest absolute Gasteiger partial charge is 0.320 e. The Morgan fingerprint density at radius 1 is 1.53 bits per heavy atom. The monoisotopic (exact) mass is 262 g/mol. The highest BCUT2D eigenvalue weighted by molar-refractivity contribution is 6.30. The summed E-state index contributed by atoms with van der Waals surface area (Å²) in [5.41, 5.74) is -2.22. The van der Waals surface area contributed by atoms with Crippen LogP contribution in [-0.4, -0.2) is 24.1 Å². The van der Waals surface area contributed by atoms with Crippen LogP contribution in [0.1, 0.15) is 12.0 Å². The minimum atomic E-state index is -3.25. The van der Waals surface area contributed by atoms with E-state index in [1.807, 2.05) is 0 Å². The van der Waals surface area contributed by atoms with Crippen molar-refractivity contribution in [3.05, 3.63) is 28.8 Å². The van der Waals surface area contributed by atoms with Gasteiger partial charge in [-0.15, -0.1) is 0 Å². The molecule has 1 aromatic carbocycles. The van der Waals surface area contributed by atoms with Crippen LogP contribution in [-0.2, 0) is 10.2 Å². The quantitative estimate of drug-likeness (QED) is 0.911. The SMILES string of the molecule is COc1cc(Cl)ccc1C1(C(=O)O)CC1(F)F. The van der Waals surface area contributed by atoms with Gasteiger partial charge < -0.3 is 9.84 Å². The van der Waals surface area contributed by atoms with Crippen molar-refractivity contribution in [1.29, 1.82) is 0 Å². The van der Waals surface area contributed by atoms with Gasteiger partial charge in [-0.05, 0) is 12.1 Å². The molecule has 0 aliphatic heterocycles. The molecule has 0 saturated heterocycles. The van der Waals surface area contributed by atoms with Crippen molar-refractivity contribution in [2.75, 3.05) is 7.11 Å². The highest BCUT2D eigenvalue weighted by Crippen LogP contribution is 2.63. The molecule has 1 saturated carbocycles. The lowest BCUT2D eigenvalue weighted by molar-refractivity contribution is -0.143. The van der Waals surface area contributed by atoms with Gasteiger partial charge in [0.05, 0.1) is 7.11 Å². The molecule has 0 aromatic heterocycles. The van der Waals surface area contributed by atoms with Crippen molar-refractivity contribution in [2.45, 2.75) is 17.8 Å². The van der Waals surface area contributed by atoms with Crippen LogP contribution in [0.5, 0.6) is 5.75 Å². The molecule has 1 N–H and O–H groups in total. The van der Waals surface area contributed by atoms with Crippen molar-refractivity contribution < 1.29 is 23.4 Å². The number of carboxylic acids is 1. The first kappa shape index (κ1) is 12.1. The number of hydrogen-bond acceptors (Lipinski definition) is 2. The summed E-state index contributed by atoms with van der Waals surface area (Å²) in [6.07, 6.45) is -0.715. The van der Waals surface area contributed by atoms with Crippen LogP contribution < -0.4 is 4.74 Å². The summed E-state index contributed by atoms with van der Waals surface area (Å²) in [6.45, 7) is 0. The second kappa shape index (κ2) is 3.57. The molecule has 0 radical (unpaired) electrons. The van der Waals surface area contributed by atoms with E-state index in [1.54, 1.807) is 0 Å². The van der Waals surface area contributed by atoms with Crippen LogP contribution in [0.4, 0.5) is 8.78 Å². The van der Waals surface area contributed by atoms with E-state index in [0.717, 1.165) is 0 Å². The summed E-state index contributed by atoms with van der Waals surface area (Å²) in [5.74, 6) is -4.74. The highest BCUT2D eigenvalue weighted by Gasteiger charge is 2.78. The van der Waals surface area contributed by atoms with Gasteiger partial charge in [0.2, 0.25) is 0 Å². The molecule has 17 heavy (non-hydrogen) atoms. The van der Waals surface area contributed by atoms with E-state index < -0.39 is 23.7 Å². The number of methoxy groups -OCH3 is 1. The molecule has 3 nitrogen and oxygen atoms in total. The Morgan fingerprint density at radius 2 is 2.12 bits per heavy atom. The summed E-state index contributed by atoms with van der Waals surface area (Å²) in [4.78, 5) is 11.1. The zero-order valence-electron chi connectivity index (χ0n) is 8.84. The fraction of sp³-hybridized carbons (Fsp3) is 0.364. The minimum Gasteiger partial charge on any atom is -0.496 e. The maximum Gasteiger partial charge on any atom is 0.320 e. The Kier molecular flexibility index (Phi) is 2.54. The maximum absolute atomic E-state index is 13.3. The van der Waals surface area contributed by atoms with E-state index in [9.17, 15) is 13.6 Å². The molecule has 0 bridgehead atoms. The largest absolute Gasteiger partial charge is 0.496 e. The lowest BCUT2D eigenvalue weighted by atomic mass is 9.94. The molecular formula is C11H9ClF2O3. The maximum atomic E-state index is 13.3. The van der Waals surface area contributed by atoms with Gasteiger partial charge in [-0.25, -0.2) is 8.78 Å². The number of ether oxygens (including phenoxy) is 1. The van der Waals surface area contributed by atoms with Crippen molar-refractivity contribution in [3.63, 3.8) is 0 Å². The predicted octanol–water partition coefficient (Wildman–Crippen LogP) is 2.71. The molecule has 0 heterocycles. The molecule has 1 aliphatic rings. The highest BCUT2D eigenvalue weighted by atomic mass is 35.5. The first-order valence-corrected chi connectivity index (χ1v) is 5.18. The number of rotatable bonds is 3. The number of aliphatic carboxylic acids is 1. The van der Waals surface area contributed by atoms with E-state index in [-0.39, 0.29) is 11.3 Å². The zero-order valence-corrected chi connectivity index (χ0v) is 9.59. The molecular weight excluding hydrogens is 254 g/mol. The number of halogens is 3. The first-order valence-electron chi connectivity index (χ1n) is 4.80. The Hall–Kier alpha value is -1.36. The van der Waals surface area contributed by atoms with Gasteiger partial charge in [0, 0.05) is 17.0 Å². The van der Waals surface area contributed by atoms with Gasteiger partial charge in [0.1, 0.15) is 5.75 Å². The second-order valence-corrected chi connectivity index (χ2v) is 4.37. The lowest BCUT2D eigenvalue weighted by Gasteiger charge is -2.15. The van der Waals surface area contributed by atoms with E-state index >= 15 is 0 Å². The Labute approximate surface area is 101 Å².